The van der Waals surface area contributed by atoms with Crippen LogP contribution in [-0.2, 0) is 11.2 Å². The SMILES string of the molecule is CCCC(OC)C(Cc1ncnn1C(C)C)NC. The van der Waals surface area contributed by atoms with Gasteiger partial charge < -0.3 is 10.1 Å². The van der Waals surface area contributed by atoms with E-state index in [0.29, 0.717) is 6.04 Å². The van der Waals surface area contributed by atoms with Gasteiger partial charge in [0.15, 0.2) is 0 Å². The largest absolute Gasteiger partial charge is 0.380 e. The highest BCUT2D eigenvalue weighted by molar-refractivity contribution is 4.93. The van der Waals surface area contributed by atoms with E-state index in [9.17, 15) is 0 Å². The van der Waals surface area contributed by atoms with Gasteiger partial charge in [-0.2, -0.15) is 5.10 Å². The molecular weight excluding hydrogens is 228 g/mol. The van der Waals surface area contributed by atoms with Crippen LogP contribution in [0.15, 0.2) is 6.33 Å². The maximum Gasteiger partial charge on any atom is 0.138 e. The Kier molecular flexibility index (Phi) is 6.29. The van der Waals surface area contributed by atoms with Crippen molar-refractivity contribution in [3.63, 3.8) is 0 Å². The molecule has 5 heteroatoms. The Morgan fingerprint density at radius 1 is 1.44 bits per heavy atom. The van der Waals surface area contributed by atoms with E-state index in [1.54, 1.807) is 13.4 Å². The van der Waals surface area contributed by atoms with Crippen molar-refractivity contribution in [1.29, 1.82) is 0 Å². The molecule has 0 aliphatic heterocycles. The van der Waals surface area contributed by atoms with Gasteiger partial charge in [-0.1, -0.05) is 13.3 Å². The topological polar surface area (TPSA) is 52.0 Å². The third-order valence-corrected chi connectivity index (χ3v) is 3.23. The number of hydrogen-bond acceptors (Lipinski definition) is 4. The van der Waals surface area contributed by atoms with E-state index in [-0.39, 0.29) is 12.1 Å². The van der Waals surface area contributed by atoms with Gasteiger partial charge in [-0.05, 0) is 27.3 Å². The molecule has 5 nitrogen and oxygen atoms in total. The van der Waals surface area contributed by atoms with Gasteiger partial charge in [0.25, 0.3) is 0 Å². The van der Waals surface area contributed by atoms with E-state index < -0.39 is 0 Å². The summed E-state index contributed by atoms with van der Waals surface area (Å²) in [6.45, 7) is 6.41. The molecular formula is C13H26N4O. The molecule has 0 aliphatic rings. The molecule has 0 bridgehead atoms. The van der Waals surface area contributed by atoms with Crippen LogP contribution >= 0.6 is 0 Å². The number of likely N-dealkylation sites (N-methyl/N-ethyl adjacent to an activating group) is 1. The van der Waals surface area contributed by atoms with Crippen LogP contribution in [0.25, 0.3) is 0 Å². The first-order chi connectivity index (χ1) is 8.63. The van der Waals surface area contributed by atoms with Gasteiger partial charge in [-0.3, -0.25) is 0 Å². The summed E-state index contributed by atoms with van der Waals surface area (Å²) in [5.74, 6) is 1.02. The molecule has 0 amide bonds. The molecule has 1 aromatic heterocycles. The number of nitrogens with one attached hydrogen (secondary N) is 1. The molecule has 0 aliphatic carbocycles. The highest BCUT2D eigenvalue weighted by atomic mass is 16.5. The number of aromatic nitrogens is 3. The fraction of sp³-hybridized carbons (Fsp3) is 0.846. The predicted molar refractivity (Wildman–Crippen MR) is 72.7 cm³/mol. The monoisotopic (exact) mass is 254 g/mol. The van der Waals surface area contributed by atoms with Gasteiger partial charge in [0.2, 0.25) is 0 Å². The number of nitrogens with zero attached hydrogens (tertiary/aromatic N) is 3. The average Bonchev–Trinajstić information content (AvgIpc) is 2.81. The summed E-state index contributed by atoms with van der Waals surface area (Å²) in [4.78, 5) is 4.36. The zero-order valence-corrected chi connectivity index (χ0v) is 12.2. The Morgan fingerprint density at radius 2 is 2.17 bits per heavy atom. The molecule has 0 saturated carbocycles. The second-order valence-corrected chi connectivity index (χ2v) is 4.88. The first kappa shape index (κ1) is 15.1. The Balaban J connectivity index is 2.75. The van der Waals surface area contributed by atoms with Crippen LogP contribution in [-0.4, -0.2) is 41.1 Å². The molecule has 1 N–H and O–H groups in total. The minimum Gasteiger partial charge on any atom is -0.380 e. The van der Waals surface area contributed by atoms with Crippen LogP contribution in [0.4, 0.5) is 0 Å². The third kappa shape index (κ3) is 3.78. The molecule has 0 radical (unpaired) electrons. The Hall–Kier alpha value is -0.940. The molecule has 104 valence electrons. The second kappa shape index (κ2) is 7.48. The molecule has 1 rings (SSSR count). The zero-order valence-electron chi connectivity index (χ0n) is 12.2. The molecule has 1 heterocycles. The Bertz CT molecular complexity index is 337. The van der Waals surface area contributed by atoms with Crippen LogP contribution in [0, 0.1) is 0 Å². The van der Waals surface area contributed by atoms with Gasteiger partial charge in [-0.15, -0.1) is 0 Å². The van der Waals surface area contributed by atoms with Crippen LogP contribution in [0.1, 0.15) is 45.5 Å². The molecule has 0 aromatic carbocycles. The lowest BCUT2D eigenvalue weighted by Gasteiger charge is -2.25. The second-order valence-electron chi connectivity index (χ2n) is 4.88. The summed E-state index contributed by atoms with van der Waals surface area (Å²) in [6.07, 6.45) is 4.86. The zero-order chi connectivity index (χ0) is 13.5. The van der Waals surface area contributed by atoms with E-state index in [2.05, 4.69) is 36.2 Å². The summed E-state index contributed by atoms with van der Waals surface area (Å²) < 4.78 is 7.55. The fourth-order valence-corrected chi connectivity index (χ4v) is 2.24. The number of ether oxygens (including phenoxy) is 1. The van der Waals surface area contributed by atoms with Crippen molar-refractivity contribution in [3.8, 4) is 0 Å². The minimum atomic E-state index is 0.220. The third-order valence-electron chi connectivity index (χ3n) is 3.23. The maximum atomic E-state index is 5.57. The van der Waals surface area contributed by atoms with Crippen molar-refractivity contribution in [2.24, 2.45) is 0 Å². The van der Waals surface area contributed by atoms with E-state index in [4.69, 9.17) is 4.74 Å². The smallest absolute Gasteiger partial charge is 0.138 e. The van der Waals surface area contributed by atoms with E-state index in [1.807, 2.05) is 11.7 Å². The summed E-state index contributed by atoms with van der Waals surface area (Å²) in [7, 11) is 3.75. The molecule has 0 saturated heterocycles. The highest BCUT2D eigenvalue weighted by Crippen LogP contribution is 2.13. The van der Waals surface area contributed by atoms with E-state index in [1.165, 1.54) is 0 Å². The highest BCUT2D eigenvalue weighted by Gasteiger charge is 2.22. The van der Waals surface area contributed by atoms with Gasteiger partial charge in [0.1, 0.15) is 12.2 Å². The van der Waals surface area contributed by atoms with Crippen molar-refractivity contribution in [3.05, 3.63) is 12.2 Å². The standard InChI is InChI=1S/C13H26N4O/c1-6-7-12(18-5)11(14-4)8-13-15-9-16-17(13)10(2)3/h9-12,14H,6-8H2,1-5H3. The summed E-state index contributed by atoms with van der Waals surface area (Å²) in [5.41, 5.74) is 0. The lowest BCUT2D eigenvalue weighted by atomic mass is 10.0. The van der Waals surface area contributed by atoms with Crippen LogP contribution in [0.2, 0.25) is 0 Å². The summed E-state index contributed by atoms with van der Waals surface area (Å²) in [6, 6.07) is 0.615. The van der Waals surface area contributed by atoms with Crippen molar-refractivity contribution in [1.82, 2.24) is 20.1 Å². The lowest BCUT2D eigenvalue weighted by molar-refractivity contribution is 0.0623. The van der Waals surface area contributed by atoms with Gasteiger partial charge in [0.05, 0.1) is 6.10 Å². The van der Waals surface area contributed by atoms with Crippen molar-refractivity contribution >= 4 is 0 Å². The Morgan fingerprint density at radius 3 is 2.67 bits per heavy atom. The van der Waals surface area contributed by atoms with E-state index >= 15 is 0 Å². The molecule has 1 aromatic rings. The molecule has 0 fully saturated rings. The van der Waals surface area contributed by atoms with Crippen LogP contribution in [0.3, 0.4) is 0 Å². The van der Waals surface area contributed by atoms with Crippen molar-refractivity contribution in [2.45, 2.75) is 58.2 Å². The molecule has 18 heavy (non-hydrogen) atoms. The normalized spacial score (nSPS) is 15.0. The number of rotatable bonds is 8. The van der Waals surface area contributed by atoms with Crippen molar-refractivity contribution < 1.29 is 4.74 Å². The van der Waals surface area contributed by atoms with Crippen LogP contribution < -0.4 is 5.32 Å². The van der Waals surface area contributed by atoms with Crippen molar-refractivity contribution in [2.75, 3.05) is 14.2 Å². The fourth-order valence-electron chi connectivity index (χ4n) is 2.24. The minimum absolute atomic E-state index is 0.220. The first-order valence-corrected chi connectivity index (χ1v) is 6.72. The lowest BCUT2D eigenvalue weighted by Crippen LogP contribution is -2.41. The number of methoxy groups -OCH3 is 1. The summed E-state index contributed by atoms with van der Waals surface area (Å²) >= 11 is 0. The number of hydrogen-bond donors (Lipinski definition) is 1. The molecule has 2 atom stereocenters. The summed E-state index contributed by atoms with van der Waals surface area (Å²) in [5, 5.41) is 7.61. The predicted octanol–water partition coefficient (Wildman–Crippen LogP) is 1.80. The van der Waals surface area contributed by atoms with Crippen LogP contribution in [0.5, 0.6) is 0 Å². The van der Waals surface area contributed by atoms with E-state index in [0.717, 1.165) is 25.1 Å². The Labute approximate surface area is 110 Å². The van der Waals surface area contributed by atoms with Gasteiger partial charge >= 0.3 is 0 Å². The van der Waals surface area contributed by atoms with Gasteiger partial charge in [0, 0.05) is 25.6 Å². The first-order valence-electron chi connectivity index (χ1n) is 6.72. The van der Waals surface area contributed by atoms with Gasteiger partial charge in [-0.25, -0.2) is 9.67 Å². The maximum absolute atomic E-state index is 5.57. The molecule has 2 unspecified atom stereocenters. The average molecular weight is 254 g/mol. The quantitative estimate of drug-likeness (QED) is 0.768. The molecule has 0 spiro atoms.